The molecule has 144 valence electrons. The van der Waals surface area contributed by atoms with E-state index in [0.29, 0.717) is 18.8 Å². The van der Waals surface area contributed by atoms with Crippen molar-refractivity contribution in [3.8, 4) is 5.75 Å². The fourth-order valence-corrected chi connectivity index (χ4v) is 3.63. The largest absolute Gasteiger partial charge is 0.496 e. The predicted molar refractivity (Wildman–Crippen MR) is 101 cm³/mol. The molecule has 3 heterocycles. The first-order valence-electron chi connectivity index (χ1n) is 9.00. The average Bonchev–Trinajstić information content (AvgIpc) is 3.17. The van der Waals surface area contributed by atoms with E-state index in [1.807, 2.05) is 28.8 Å². The van der Waals surface area contributed by atoms with Gasteiger partial charge in [-0.3, -0.25) is 19.3 Å². The molecule has 0 aliphatic carbocycles. The summed E-state index contributed by atoms with van der Waals surface area (Å²) >= 11 is 0. The summed E-state index contributed by atoms with van der Waals surface area (Å²) in [5.41, 5.74) is 0.884. The van der Waals surface area contributed by atoms with Crippen molar-refractivity contribution in [3.05, 3.63) is 64.1 Å². The van der Waals surface area contributed by atoms with Crippen LogP contribution in [0.2, 0.25) is 0 Å². The molecule has 9 nitrogen and oxygen atoms in total. The Bertz CT molecular complexity index is 1040. The molecular formula is C19H19N5O4. The fraction of sp³-hybridized carbons (Fsp3) is 0.316. The highest BCUT2D eigenvalue weighted by molar-refractivity contribution is 5.97. The van der Waals surface area contributed by atoms with Gasteiger partial charge < -0.3 is 9.64 Å². The number of fused-ring (bicyclic) bond motifs is 1. The van der Waals surface area contributed by atoms with E-state index in [1.165, 1.54) is 25.3 Å². The summed E-state index contributed by atoms with van der Waals surface area (Å²) in [7, 11) is 1.45. The first kappa shape index (κ1) is 17.9. The number of nitro benzene ring substituents is 1. The van der Waals surface area contributed by atoms with Gasteiger partial charge in [0.25, 0.3) is 11.6 Å². The normalized spacial score (nSPS) is 15.0. The maximum absolute atomic E-state index is 12.9. The van der Waals surface area contributed by atoms with Gasteiger partial charge in [0.2, 0.25) is 0 Å². The van der Waals surface area contributed by atoms with Crippen LogP contribution in [0.25, 0.3) is 5.65 Å². The van der Waals surface area contributed by atoms with Crippen molar-refractivity contribution in [1.82, 2.24) is 19.5 Å². The molecule has 4 rings (SSSR count). The van der Waals surface area contributed by atoms with Crippen LogP contribution in [0.4, 0.5) is 5.69 Å². The van der Waals surface area contributed by atoms with Crippen molar-refractivity contribution >= 4 is 17.2 Å². The van der Waals surface area contributed by atoms with Crippen LogP contribution in [0.5, 0.6) is 5.75 Å². The minimum absolute atomic E-state index is 0.131. The molecule has 1 fully saturated rings. The van der Waals surface area contributed by atoms with Crippen molar-refractivity contribution in [2.45, 2.75) is 18.8 Å². The highest BCUT2D eigenvalue weighted by Gasteiger charge is 2.29. The summed E-state index contributed by atoms with van der Waals surface area (Å²) in [5.74, 6) is 1.18. The van der Waals surface area contributed by atoms with Crippen molar-refractivity contribution in [3.63, 3.8) is 0 Å². The number of pyridine rings is 1. The van der Waals surface area contributed by atoms with E-state index in [0.717, 1.165) is 24.3 Å². The van der Waals surface area contributed by atoms with Crippen molar-refractivity contribution < 1.29 is 14.5 Å². The predicted octanol–water partition coefficient (Wildman–Crippen LogP) is 2.67. The summed E-state index contributed by atoms with van der Waals surface area (Å²) in [6, 6.07) is 9.83. The number of carbonyl (C=O) groups is 1. The molecule has 0 spiro atoms. The SMILES string of the molecule is COc1ccc([N+](=O)[O-])cc1C(=O)N1CCC(c2nnc3ccccn23)CC1. The average molecular weight is 381 g/mol. The van der Waals surface area contributed by atoms with Crippen LogP contribution in [0, 0.1) is 10.1 Å². The molecule has 28 heavy (non-hydrogen) atoms. The number of aromatic nitrogens is 3. The lowest BCUT2D eigenvalue weighted by Crippen LogP contribution is -2.38. The van der Waals surface area contributed by atoms with Gasteiger partial charge in [-0.25, -0.2) is 0 Å². The highest BCUT2D eigenvalue weighted by atomic mass is 16.6. The second kappa shape index (κ2) is 7.26. The molecule has 1 aliphatic heterocycles. The number of hydrogen-bond donors (Lipinski definition) is 0. The first-order valence-corrected chi connectivity index (χ1v) is 9.00. The summed E-state index contributed by atoms with van der Waals surface area (Å²) in [6.07, 6.45) is 3.44. The molecule has 0 radical (unpaired) electrons. The lowest BCUT2D eigenvalue weighted by atomic mass is 9.95. The Balaban J connectivity index is 1.51. The van der Waals surface area contributed by atoms with Gasteiger partial charge in [-0.15, -0.1) is 10.2 Å². The maximum Gasteiger partial charge on any atom is 0.270 e. The second-order valence-corrected chi connectivity index (χ2v) is 6.70. The zero-order valence-electron chi connectivity index (χ0n) is 15.3. The van der Waals surface area contributed by atoms with E-state index in [1.54, 1.807) is 4.90 Å². The molecule has 1 saturated heterocycles. The molecule has 0 bridgehead atoms. The van der Waals surface area contributed by atoms with Crippen LogP contribution >= 0.6 is 0 Å². The van der Waals surface area contributed by atoms with Crippen LogP contribution in [0.3, 0.4) is 0 Å². The van der Waals surface area contributed by atoms with E-state index >= 15 is 0 Å². The lowest BCUT2D eigenvalue weighted by Gasteiger charge is -2.31. The lowest BCUT2D eigenvalue weighted by molar-refractivity contribution is -0.384. The Morgan fingerprint density at radius 1 is 1.21 bits per heavy atom. The quantitative estimate of drug-likeness (QED) is 0.508. The monoisotopic (exact) mass is 381 g/mol. The fourth-order valence-electron chi connectivity index (χ4n) is 3.63. The van der Waals surface area contributed by atoms with Gasteiger partial charge in [-0.05, 0) is 31.0 Å². The van der Waals surface area contributed by atoms with Gasteiger partial charge in [0.15, 0.2) is 5.65 Å². The third-order valence-corrected chi connectivity index (χ3v) is 5.11. The second-order valence-electron chi connectivity index (χ2n) is 6.70. The van der Waals surface area contributed by atoms with Gasteiger partial charge in [0.05, 0.1) is 17.6 Å². The number of likely N-dealkylation sites (tertiary alicyclic amines) is 1. The number of nitrogens with zero attached hydrogens (tertiary/aromatic N) is 5. The number of methoxy groups -OCH3 is 1. The number of ether oxygens (including phenoxy) is 1. The Labute approximate surface area is 160 Å². The van der Waals surface area contributed by atoms with E-state index in [9.17, 15) is 14.9 Å². The Morgan fingerprint density at radius 2 is 2.00 bits per heavy atom. The number of carbonyl (C=O) groups excluding carboxylic acids is 1. The minimum Gasteiger partial charge on any atom is -0.496 e. The van der Waals surface area contributed by atoms with Gasteiger partial charge >= 0.3 is 0 Å². The first-order chi connectivity index (χ1) is 13.6. The number of rotatable bonds is 4. The van der Waals surface area contributed by atoms with Gasteiger partial charge in [0, 0.05) is 37.3 Å². The Hall–Kier alpha value is -3.49. The third-order valence-electron chi connectivity index (χ3n) is 5.11. The molecule has 1 aliphatic rings. The topological polar surface area (TPSA) is 103 Å². The van der Waals surface area contributed by atoms with Crippen LogP contribution in [0.15, 0.2) is 42.6 Å². The third kappa shape index (κ3) is 3.15. The molecule has 0 atom stereocenters. The summed E-state index contributed by atoms with van der Waals surface area (Å²) in [5, 5.41) is 19.6. The van der Waals surface area contributed by atoms with Gasteiger partial charge in [0.1, 0.15) is 11.6 Å². The summed E-state index contributed by atoms with van der Waals surface area (Å²) in [4.78, 5) is 25.2. The Morgan fingerprint density at radius 3 is 2.71 bits per heavy atom. The van der Waals surface area contributed by atoms with E-state index < -0.39 is 4.92 Å². The van der Waals surface area contributed by atoms with Crippen LogP contribution in [0.1, 0.15) is 34.9 Å². The van der Waals surface area contributed by atoms with Crippen LogP contribution < -0.4 is 4.74 Å². The van der Waals surface area contributed by atoms with Crippen LogP contribution in [-0.2, 0) is 0 Å². The van der Waals surface area contributed by atoms with Crippen molar-refractivity contribution in [1.29, 1.82) is 0 Å². The molecule has 9 heteroatoms. The Kier molecular flexibility index (Phi) is 4.64. The van der Waals surface area contributed by atoms with E-state index in [4.69, 9.17) is 4.74 Å². The van der Waals surface area contributed by atoms with Crippen LogP contribution in [-0.4, -0.2) is 50.5 Å². The number of benzene rings is 1. The smallest absolute Gasteiger partial charge is 0.270 e. The highest BCUT2D eigenvalue weighted by Crippen LogP contribution is 2.30. The standard InChI is InChI=1S/C19H19N5O4/c1-28-16-6-5-14(24(26)27)12-15(16)19(25)22-10-7-13(8-11-22)18-21-20-17-4-2-3-9-23(17)18/h2-6,9,12-13H,7-8,10-11H2,1H3. The maximum atomic E-state index is 12.9. The molecule has 3 aromatic rings. The molecule has 0 N–H and O–H groups in total. The number of hydrogen-bond acceptors (Lipinski definition) is 6. The number of piperidine rings is 1. The zero-order chi connectivity index (χ0) is 19.7. The number of nitro groups is 1. The van der Waals surface area contributed by atoms with Gasteiger partial charge in [-0.2, -0.15) is 0 Å². The van der Waals surface area contributed by atoms with Gasteiger partial charge in [-0.1, -0.05) is 6.07 Å². The zero-order valence-corrected chi connectivity index (χ0v) is 15.3. The van der Waals surface area contributed by atoms with Crippen molar-refractivity contribution in [2.24, 2.45) is 0 Å². The minimum atomic E-state index is -0.515. The number of non-ortho nitro benzene ring substituents is 1. The van der Waals surface area contributed by atoms with E-state index in [-0.39, 0.29) is 23.1 Å². The molecule has 2 aromatic heterocycles. The molecule has 0 saturated carbocycles. The number of amides is 1. The molecule has 1 amide bonds. The summed E-state index contributed by atoms with van der Waals surface area (Å²) < 4.78 is 7.21. The van der Waals surface area contributed by atoms with Crippen molar-refractivity contribution in [2.75, 3.05) is 20.2 Å². The summed E-state index contributed by atoms with van der Waals surface area (Å²) in [6.45, 7) is 1.08. The molecule has 1 aromatic carbocycles. The van der Waals surface area contributed by atoms with E-state index in [2.05, 4.69) is 10.2 Å². The molecular weight excluding hydrogens is 362 g/mol. The molecule has 0 unspecified atom stereocenters.